The van der Waals surface area contributed by atoms with E-state index < -0.39 is 62.8 Å². The number of nitrogens with zero attached hydrogens (tertiary/aromatic N) is 3. The number of carbonyl (C=O) groups excluding carboxylic acids is 4. The van der Waals surface area contributed by atoms with Crippen LogP contribution < -0.4 is 25.7 Å². The highest BCUT2D eigenvalue weighted by Crippen LogP contribution is 2.47. The number of ether oxygens (including phenoxy) is 2. The number of aromatic nitrogens is 2. The van der Waals surface area contributed by atoms with Crippen molar-refractivity contribution in [3.63, 3.8) is 0 Å². The fraction of sp³-hybridized carbons (Fsp3) is 0.650. The highest BCUT2D eigenvalue weighted by molar-refractivity contribution is 7.91. The van der Waals surface area contributed by atoms with Crippen molar-refractivity contribution in [1.82, 2.24) is 29.6 Å². The molecule has 2 bridgehead atoms. The van der Waals surface area contributed by atoms with Crippen molar-refractivity contribution >= 4 is 39.5 Å². The van der Waals surface area contributed by atoms with Crippen molar-refractivity contribution < 1.29 is 37.1 Å². The van der Waals surface area contributed by atoms with Gasteiger partial charge in [0.15, 0.2) is 0 Å². The number of hydrogen-bond donors (Lipinski definition) is 3. The molecule has 15 nitrogen and oxygen atoms in total. The summed E-state index contributed by atoms with van der Waals surface area (Å²) in [5.41, 5.74) is -1.02. The van der Waals surface area contributed by atoms with Crippen LogP contribution >= 0.6 is 0 Å². The summed E-state index contributed by atoms with van der Waals surface area (Å²) in [6, 6.07) is 3.12. The number of hydrogen-bond acceptors (Lipinski definition) is 10. The zero-order valence-electron chi connectivity index (χ0n) is 31.8. The van der Waals surface area contributed by atoms with E-state index in [4.69, 9.17) is 14.5 Å². The van der Waals surface area contributed by atoms with Gasteiger partial charge in [-0.05, 0) is 94.1 Å². The average molecular weight is 793 g/mol. The maximum absolute atomic E-state index is 14.8. The van der Waals surface area contributed by atoms with Crippen LogP contribution in [0, 0.1) is 17.8 Å². The molecule has 7 atom stereocenters. The standard InChI is InChI=1S/C40H52N6O9S/c1-2-26-22-40(26,38(50)44-56(52,53)28-18-19-28)43-34(47)30-21-27-23-46(30)37(49)33(25-12-6-7-13-25)42-39(51)55-31-16-10-14-24(31)11-4-3-5-15-29-35(54-27)41-32-17-8-9-20-45(32)36(29)48/h3,5,8-9,17,20,24-28,30-31,33H,2,4,6-7,10-16,18-19,21-23H2,1H3,(H,42,51)(H,43,47)(H,44,50)/b5-3+/t24-,26-,27-,30+,31-,33+,40-/m1/s1. The van der Waals surface area contributed by atoms with Crippen LogP contribution in [-0.2, 0) is 35.6 Å². The molecule has 4 amide bonds. The van der Waals surface area contributed by atoms with Gasteiger partial charge in [-0.1, -0.05) is 44.4 Å². The fourth-order valence-corrected chi connectivity index (χ4v) is 10.8. The summed E-state index contributed by atoms with van der Waals surface area (Å²) in [5.74, 6) is -2.07. The Kier molecular flexibility index (Phi) is 10.6. The fourth-order valence-electron chi connectivity index (χ4n) is 9.47. The molecular formula is C40H52N6O9S. The van der Waals surface area contributed by atoms with Crippen LogP contribution in [0.1, 0.15) is 102 Å². The molecule has 4 heterocycles. The SMILES string of the molecule is CC[C@@H]1C[C@]1(NC(=O)[C@@H]1C[C@@H]2CN1C(=O)[C@H](C1CCCC1)NC(=O)O[C@@H]1CCC[C@H]1CC/C=C/Cc1c(nc3ccccn3c1=O)O2)C(=O)NS(=O)(=O)C1CC1. The Balaban J connectivity index is 1.14. The first-order valence-electron chi connectivity index (χ1n) is 20.4. The quantitative estimate of drug-likeness (QED) is 0.351. The zero-order chi connectivity index (χ0) is 39.2. The number of carbonyl (C=O) groups is 4. The van der Waals surface area contributed by atoms with Gasteiger partial charge in [0, 0.05) is 19.0 Å². The lowest BCUT2D eigenvalue weighted by molar-refractivity contribution is -0.142. The maximum Gasteiger partial charge on any atom is 0.408 e. The van der Waals surface area contributed by atoms with E-state index in [0.29, 0.717) is 43.3 Å². The second-order valence-corrected chi connectivity index (χ2v) is 18.6. The Bertz CT molecular complexity index is 2080. The number of amides is 4. The maximum atomic E-state index is 14.8. The second-order valence-electron chi connectivity index (χ2n) is 16.6. The molecule has 0 aromatic carbocycles. The molecule has 2 aromatic rings. The summed E-state index contributed by atoms with van der Waals surface area (Å²) < 4.78 is 41.8. The second kappa shape index (κ2) is 15.5. The number of rotatable bonds is 7. The van der Waals surface area contributed by atoms with E-state index in [1.54, 1.807) is 24.4 Å². The predicted molar refractivity (Wildman–Crippen MR) is 204 cm³/mol. The first-order chi connectivity index (χ1) is 27.0. The summed E-state index contributed by atoms with van der Waals surface area (Å²) in [7, 11) is -3.88. The van der Waals surface area contributed by atoms with Crippen LogP contribution in [-0.4, -0.2) is 88.1 Å². The van der Waals surface area contributed by atoms with Crippen molar-refractivity contribution in [1.29, 1.82) is 0 Å². The Morgan fingerprint density at radius 1 is 0.982 bits per heavy atom. The van der Waals surface area contributed by atoms with E-state index in [-0.39, 0.29) is 61.1 Å². The Labute approximate surface area is 326 Å². The van der Waals surface area contributed by atoms with Crippen molar-refractivity contribution in [3.05, 3.63) is 52.5 Å². The average Bonchev–Trinajstić information content (AvgIpc) is 3.96. The third-order valence-electron chi connectivity index (χ3n) is 12.9. The van der Waals surface area contributed by atoms with Gasteiger partial charge in [0.25, 0.3) is 11.5 Å². The minimum Gasteiger partial charge on any atom is -0.472 e. The number of nitrogens with one attached hydrogen (secondary N) is 3. The first-order valence-corrected chi connectivity index (χ1v) is 22.0. The van der Waals surface area contributed by atoms with Gasteiger partial charge in [0.1, 0.15) is 35.5 Å². The van der Waals surface area contributed by atoms with Gasteiger partial charge < -0.3 is 25.0 Å². The van der Waals surface area contributed by atoms with Crippen molar-refractivity contribution in [3.8, 4) is 5.88 Å². The molecule has 0 unspecified atom stereocenters. The monoisotopic (exact) mass is 792 g/mol. The minimum absolute atomic E-state index is 0.00312. The molecule has 5 fully saturated rings. The number of alkyl carbamates (subject to hydrolysis) is 1. The van der Waals surface area contributed by atoms with Crippen LogP contribution in [0.3, 0.4) is 0 Å². The molecular weight excluding hydrogens is 741 g/mol. The van der Waals surface area contributed by atoms with Crippen LogP contribution in [0.25, 0.3) is 5.65 Å². The number of sulfonamides is 1. The Morgan fingerprint density at radius 3 is 2.52 bits per heavy atom. The van der Waals surface area contributed by atoms with Gasteiger partial charge in [0.2, 0.25) is 27.7 Å². The van der Waals surface area contributed by atoms with Gasteiger partial charge in [0.05, 0.1) is 17.4 Å². The third kappa shape index (κ3) is 7.64. The number of pyridine rings is 1. The summed E-state index contributed by atoms with van der Waals surface area (Å²) in [5, 5.41) is 5.19. The molecule has 0 spiro atoms. The van der Waals surface area contributed by atoms with Crippen LogP contribution in [0.5, 0.6) is 5.88 Å². The van der Waals surface area contributed by atoms with Crippen LogP contribution in [0.2, 0.25) is 0 Å². The molecule has 4 saturated carbocycles. The van der Waals surface area contributed by atoms with Gasteiger partial charge >= 0.3 is 6.09 Å². The summed E-state index contributed by atoms with van der Waals surface area (Å²) in [6.07, 6.45) is 13.2. The Hall–Kier alpha value is -4.47. The molecule has 16 heteroatoms. The van der Waals surface area contributed by atoms with Gasteiger partial charge in [-0.25, -0.2) is 13.2 Å². The minimum atomic E-state index is -3.88. The van der Waals surface area contributed by atoms with Gasteiger partial charge in [-0.15, -0.1) is 0 Å². The topological polar surface area (TPSA) is 195 Å². The zero-order valence-corrected chi connectivity index (χ0v) is 32.6. The molecule has 302 valence electrons. The summed E-state index contributed by atoms with van der Waals surface area (Å²) in [6.45, 7) is 1.81. The van der Waals surface area contributed by atoms with E-state index in [1.807, 2.05) is 19.1 Å². The van der Waals surface area contributed by atoms with E-state index >= 15 is 0 Å². The van der Waals surface area contributed by atoms with E-state index in [2.05, 4.69) is 15.4 Å². The first kappa shape index (κ1) is 38.4. The normalized spacial score (nSPS) is 31.9. The molecule has 6 aliphatic rings. The predicted octanol–water partition coefficient (Wildman–Crippen LogP) is 3.28. The largest absolute Gasteiger partial charge is 0.472 e. The molecule has 2 aromatic heterocycles. The lowest BCUT2D eigenvalue weighted by Gasteiger charge is -2.32. The molecule has 4 aliphatic carbocycles. The molecule has 3 N–H and O–H groups in total. The Morgan fingerprint density at radius 2 is 1.77 bits per heavy atom. The van der Waals surface area contributed by atoms with Gasteiger partial charge in [-0.3, -0.25) is 28.3 Å². The molecule has 8 rings (SSSR count). The van der Waals surface area contributed by atoms with Crippen molar-refractivity contribution in [2.45, 2.75) is 138 Å². The third-order valence-corrected chi connectivity index (χ3v) is 14.7. The van der Waals surface area contributed by atoms with E-state index in [0.717, 1.165) is 44.9 Å². The van der Waals surface area contributed by atoms with Crippen molar-refractivity contribution in [2.24, 2.45) is 17.8 Å². The lowest BCUT2D eigenvalue weighted by atomic mass is 9.96. The van der Waals surface area contributed by atoms with E-state index in [1.165, 1.54) is 9.30 Å². The molecule has 1 saturated heterocycles. The smallest absolute Gasteiger partial charge is 0.408 e. The molecule has 0 radical (unpaired) electrons. The highest BCUT2D eigenvalue weighted by Gasteiger charge is 2.62. The van der Waals surface area contributed by atoms with Crippen LogP contribution in [0.15, 0.2) is 41.3 Å². The highest BCUT2D eigenvalue weighted by atomic mass is 32.2. The number of fused-ring (bicyclic) bond motifs is 5. The van der Waals surface area contributed by atoms with E-state index in [9.17, 15) is 32.4 Å². The number of allylic oxidation sites excluding steroid dienone is 2. The van der Waals surface area contributed by atoms with Crippen LogP contribution in [0.4, 0.5) is 4.79 Å². The molecule has 2 aliphatic heterocycles. The van der Waals surface area contributed by atoms with Gasteiger partial charge in [-0.2, -0.15) is 4.98 Å². The summed E-state index contributed by atoms with van der Waals surface area (Å²) in [4.78, 5) is 76.6. The molecule has 56 heavy (non-hydrogen) atoms. The lowest BCUT2D eigenvalue weighted by Crippen LogP contribution is -2.59. The summed E-state index contributed by atoms with van der Waals surface area (Å²) >= 11 is 0. The van der Waals surface area contributed by atoms with Crippen molar-refractivity contribution in [2.75, 3.05) is 6.54 Å².